The molecule has 76 valence electrons. The van der Waals surface area contributed by atoms with Gasteiger partial charge in [0, 0.05) is 6.04 Å². The highest BCUT2D eigenvalue weighted by atomic mass is 16.2. The number of carbonyl (C=O) groups excluding carboxylic acids is 1. The topological polar surface area (TPSA) is 57.8 Å². The molecule has 1 aliphatic carbocycles. The van der Waals surface area contributed by atoms with E-state index in [2.05, 4.69) is 29.4 Å². The molecule has 14 heavy (non-hydrogen) atoms. The Labute approximate surface area is 83.1 Å². The SMILES string of the molecule is CC(C)c1cc(C(=O)NC2CC2)[nH]n1. The minimum Gasteiger partial charge on any atom is -0.348 e. The van der Waals surface area contributed by atoms with Crippen molar-refractivity contribution in [3.8, 4) is 0 Å². The molecule has 1 aromatic heterocycles. The molecule has 2 N–H and O–H groups in total. The van der Waals surface area contributed by atoms with Gasteiger partial charge in [0.2, 0.25) is 0 Å². The highest BCUT2D eigenvalue weighted by molar-refractivity contribution is 5.92. The number of amides is 1. The van der Waals surface area contributed by atoms with Crippen molar-refractivity contribution >= 4 is 5.91 Å². The molecule has 0 aromatic carbocycles. The number of nitrogens with one attached hydrogen (secondary N) is 2. The van der Waals surface area contributed by atoms with Gasteiger partial charge in [0.1, 0.15) is 5.69 Å². The zero-order valence-electron chi connectivity index (χ0n) is 8.50. The van der Waals surface area contributed by atoms with Gasteiger partial charge in [-0.2, -0.15) is 5.10 Å². The molecule has 1 amide bonds. The summed E-state index contributed by atoms with van der Waals surface area (Å²) in [5, 5.41) is 9.75. The molecule has 2 rings (SSSR count). The number of aromatic nitrogens is 2. The zero-order valence-corrected chi connectivity index (χ0v) is 8.50. The smallest absolute Gasteiger partial charge is 0.269 e. The molecule has 0 unspecified atom stereocenters. The van der Waals surface area contributed by atoms with Crippen LogP contribution in [0.2, 0.25) is 0 Å². The summed E-state index contributed by atoms with van der Waals surface area (Å²) >= 11 is 0. The fraction of sp³-hybridized carbons (Fsp3) is 0.600. The van der Waals surface area contributed by atoms with E-state index in [1.54, 1.807) is 0 Å². The van der Waals surface area contributed by atoms with Crippen LogP contribution in [0.15, 0.2) is 6.07 Å². The predicted octanol–water partition coefficient (Wildman–Crippen LogP) is 1.43. The van der Waals surface area contributed by atoms with Gasteiger partial charge >= 0.3 is 0 Å². The quantitative estimate of drug-likeness (QED) is 0.762. The first-order chi connectivity index (χ1) is 6.66. The standard InChI is InChI=1S/C10H15N3O/c1-6(2)8-5-9(13-12-8)10(14)11-7-3-4-7/h5-7H,3-4H2,1-2H3,(H,11,14)(H,12,13). The average Bonchev–Trinajstić information content (AvgIpc) is 2.81. The summed E-state index contributed by atoms with van der Waals surface area (Å²) in [7, 11) is 0. The fourth-order valence-corrected chi connectivity index (χ4v) is 1.24. The molecule has 4 heteroatoms. The van der Waals surface area contributed by atoms with Crippen molar-refractivity contribution in [1.29, 1.82) is 0 Å². The number of rotatable bonds is 3. The maximum Gasteiger partial charge on any atom is 0.269 e. The van der Waals surface area contributed by atoms with Crippen LogP contribution in [0, 0.1) is 0 Å². The third kappa shape index (κ3) is 1.95. The zero-order chi connectivity index (χ0) is 10.1. The number of H-pyrrole nitrogens is 1. The average molecular weight is 193 g/mol. The second kappa shape index (κ2) is 3.44. The summed E-state index contributed by atoms with van der Waals surface area (Å²) in [5.74, 6) is 0.320. The largest absolute Gasteiger partial charge is 0.348 e. The number of nitrogens with zero attached hydrogens (tertiary/aromatic N) is 1. The van der Waals surface area contributed by atoms with Gasteiger partial charge in [-0.3, -0.25) is 9.89 Å². The van der Waals surface area contributed by atoms with E-state index in [0.717, 1.165) is 18.5 Å². The molecule has 1 saturated carbocycles. The Hall–Kier alpha value is -1.32. The van der Waals surface area contributed by atoms with Crippen LogP contribution < -0.4 is 5.32 Å². The van der Waals surface area contributed by atoms with Crippen LogP contribution in [0.25, 0.3) is 0 Å². The molecule has 1 aromatic rings. The van der Waals surface area contributed by atoms with E-state index in [1.165, 1.54) is 0 Å². The molecular weight excluding hydrogens is 178 g/mol. The third-order valence-corrected chi connectivity index (χ3v) is 2.35. The molecule has 0 aliphatic heterocycles. The van der Waals surface area contributed by atoms with Crippen LogP contribution in [0.3, 0.4) is 0 Å². The Balaban J connectivity index is 2.03. The lowest BCUT2D eigenvalue weighted by molar-refractivity contribution is 0.0946. The maximum atomic E-state index is 11.5. The number of hydrogen-bond donors (Lipinski definition) is 2. The molecule has 1 aliphatic rings. The van der Waals surface area contributed by atoms with E-state index in [1.807, 2.05) is 6.07 Å². The Kier molecular flexibility index (Phi) is 2.27. The Morgan fingerprint density at radius 3 is 2.86 bits per heavy atom. The van der Waals surface area contributed by atoms with Gasteiger partial charge in [-0.1, -0.05) is 13.8 Å². The summed E-state index contributed by atoms with van der Waals surface area (Å²) in [6.45, 7) is 4.11. The van der Waals surface area contributed by atoms with E-state index in [4.69, 9.17) is 0 Å². The van der Waals surface area contributed by atoms with Crippen LogP contribution in [0.4, 0.5) is 0 Å². The second-order valence-corrected chi connectivity index (χ2v) is 4.11. The van der Waals surface area contributed by atoms with Gasteiger partial charge in [0.25, 0.3) is 5.91 Å². The van der Waals surface area contributed by atoms with E-state index >= 15 is 0 Å². The lowest BCUT2D eigenvalue weighted by Gasteiger charge is -1.98. The number of hydrogen-bond acceptors (Lipinski definition) is 2. The minimum absolute atomic E-state index is 0.0353. The lowest BCUT2D eigenvalue weighted by Crippen LogP contribution is -2.25. The van der Waals surface area contributed by atoms with Gasteiger partial charge in [0.15, 0.2) is 0 Å². The molecule has 4 nitrogen and oxygen atoms in total. The number of carbonyl (C=O) groups is 1. The van der Waals surface area contributed by atoms with Crippen molar-refractivity contribution in [2.75, 3.05) is 0 Å². The lowest BCUT2D eigenvalue weighted by atomic mass is 10.1. The first-order valence-electron chi connectivity index (χ1n) is 5.03. The highest BCUT2D eigenvalue weighted by Crippen LogP contribution is 2.19. The fourth-order valence-electron chi connectivity index (χ4n) is 1.24. The van der Waals surface area contributed by atoms with Crippen molar-refractivity contribution in [3.63, 3.8) is 0 Å². The van der Waals surface area contributed by atoms with Crippen LogP contribution in [-0.2, 0) is 0 Å². The van der Waals surface area contributed by atoms with Crippen LogP contribution in [-0.4, -0.2) is 22.1 Å². The molecule has 0 saturated heterocycles. The summed E-state index contributed by atoms with van der Waals surface area (Å²) in [6.07, 6.45) is 2.22. The molecule has 0 atom stereocenters. The van der Waals surface area contributed by atoms with E-state index in [9.17, 15) is 4.79 Å². The predicted molar refractivity (Wildman–Crippen MR) is 53.2 cm³/mol. The molecule has 0 radical (unpaired) electrons. The van der Waals surface area contributed by atoms with Crippen molar-refractivity contribution in [3.05, 3.63) is 17.5 Å². The minimum atomic E-state index is -0.0353. The molecule has 0 spiro atoms. The summed E-state index contributed by atoms with van der Waals surface area (Å²) in [5.41, 5.74) is 1.51. The van der Waals surface area contributed by atoms with Crippen molar-refractivity contribution in [2.24, 2.45) is 0 Å². The number of aromatic amines is 1. The Morgan fingerprint density at radius 2 is 2.36 bits per heavy atom. The highest BCUT2D eigenvalue weighted by Gasteiger charge is 2.24. The summed E-state index contributed by atoms with van der Waals surface area (Å²) in [6, 6.07) is 2.22. The molecule has 1 fully saturated rings. The van der Waals surface area contributed by atoms with Gasteiger partial charge < -0.3 is 5.32 Å². The van der Waals surface area contributed by atoms with Gasteiger partial charge in [-0.25, -0.2) is 0 Å². The summed E-state index contributed by atoms with van der Waals surface area (Å²) < 4.78 is 0. The maximum absolute atomic E-state index is 11.5. The monoisotopic (exact) mass is 193 g/mol. The molecule has 0 bridgehead atoms. The summed E-state index contributed by atoms with van der Waals surface area (Å²) in [4.78, 5) is 11.5. The van der Waals surface area contributed by atoms with Crippen LogP contribution >= 0.6 is 0 Å². The second-order valence-electron chi connectivity index (χ2n) is 4.11. The third-order valence-electron chi connectivity index (χ3n) is 2.35. The molecular formula is C10H15N3O. The first-order valence-corrected chi connectivity index (χ1v) is 5.03. The normalized spacial score (nSPS) is 15.9. The van der Waals surface area contributed by atoms with E-state index < -0.39 is 0 Å². The van der Waals surface area contributed by atoms with Crippen molar-refractivity contribution in [1.82, 2.24) is 15.5 Å². The first kappa shape index (κ1) is 9.24. The van der Waals surface area contributed by atoms with Gasteiger partial charge in [-0.05, 0) is 24.8 Å². The van der Waals surface area contributed by atoms with Gasteiger partial charge in [-0.15, -0.1) is 0 Å². The Morgan fingerprint density at radius 1 is 1.64 bits per heavy atom. The van der Waals surface area contributed by atoms with Crippen LogP contribution in [0.5, 0.6) is 0 Å². The van der Waals surface area contributed by atoms with Crippen molar-refractivity contribution < 1.29 is 4.79 Å². The van der Waals surface area contributed by atoms with Crippen molar-refractivity contribution in [2.45, 2.75) is 38.6 Å². The van der Waals surface area contributed by atoms with Crippen LogP contribution in [0.1, 0.15) is 48.8 Å². The Bertz CT molecular complexity index is 339. The van der Waals surface area contributed by atoms with Gasteiger partial charge in [0.05, 0.1) is 5.69 Å². The molecule has 1 heterocycles. The van der Waals surface area contributed by atoms with E-state index in [-0.39, 0.29) is 5.91 Å². The van der Waals surface area contributed by atoms with E-state index in [0.29, 0.717) is 17.7 Å².